The Labute approximate surface area is 151 Å². The highest BCUT2D eigenvalue weighted by Crippen LogP contribution is 2.12. The van der Waals surface area contributed by atoms with Crippen molar-refractivity contribution in [3.63, 3.8) is 0 Å². The molecule has 0 saturated carbocycles. The Morgan fingerprint density at radius 2 is 1.96 bits per heavy atom. The zero-order chi connectivity index (χ0) is 18.9. The van der Waals surface area contributed by atoms with E-state index in [-0.39, 0.29) is 24.4 Å². The first-order chi connectivity index (χ1) is 12.5. The van der Waals surface area contributed by atoms with Crippen LogP contribution < -0.4 is 11.1 Å². The van der Waals surface area contributed by atoms with E-state index in [0.717, 1.165) is 5.39 Å². The number of aromatic nitrogens is 1. The number of carbonyl (C=O) groups excluding carboxylic acids is 3. The van der Waals surface area contributed by atoms with Crippen molar-refractivity contribution in [2.75, 3.05) is 6.61 Å². The molecule has 1 aromatic heterocycles. The van der Waals surface area contributed by atoms with Gasteiger partial charge in [0.05, 0.1) is 12.1 Å². The first-order valence-electron chi connectivity index (χ1n) is 8.34. The van der Waals surface area contributed by atoms with E-state index in [4.69, 9.17) is 10.5 Å². The van der Waals surface area contributed by atoms with Crippen molar-refractivity contribution in [1.29, 1.82) is 0 Å². The summed E-state index contributed by atoms with van der Waals surface area (Å²) in [5.41, 5.74) is 5.99. The van der Waals surface area contributed by atoms with Gasteiger partial charge in [-0.1, -0.05) is 30.3 Å². The van der Waals surface area contributed by atoms with Crippen molar-refractivity contribution in [3.8, 4) is 0 Å². The van der Waals surface area contributed by atoms with Gasteiger partial charge in [0.2, 0.25) is 5.91 Å². The molecule has 2 aromatic rings. The average Bonchev–Trinajstić information content (AvgIpc) is 2.63. The smallest absolute Gasteiger partial charge is 0.354 e. The van der Waals surface area contributed by atoms with Crippen LogP contribution in [0.2, 0.25) is 0 Å². The third-order valence-corrected chi connectivity index (χ3v) is 3.55. The number of pyridine rings is 1. The molecule has 2 amide bonds. The van der Waals surface area contributed by atoms with Crippen LogP contribution in [0.25, 0.3) is 10.9 Å². The Bertz CT molecular complexity index is 846. The van der Waals surface area contributed by atoms with E-state index in [9.17, 15) is 14.4 Å². The zero-order valence-electron chi connectivity index (χ0n) is 14.5. The van der Waals surface area contributed by atoms with Gasteiger partial charge in [-0.25, -0.2) is 9.78 Å². The Hall–Kier alpha value is -3.22. The number of primary amides is 1. The molecule has 0 saturated heterocycles. The normalized spacial score (nSPS) is 11.2. The molecule has 0 atom stereocenters. The molecular formula is C19H21N3O4. The molecular weight excluding hydrogens is 334 g/mol. The van der Waals surface area contributed by atoms with Gasteiger partial charge in [0.15, 0.2) is 0 Å². The maximum atomic E-state index is 12.5. The fraction of sp³-hybridized carbons (Fsp3) is 0.263. The quantitative estimate of drug-likeness (QED) is 0.428. The molecule has 0 bridgehead atoms. The summed E-state index contributed by atoms with van der Waals surface area (Å²) < 4.78 is 4.96. The summed E-state index contributed by atoms with van der Waals surface area (Å²) in [5, 5.41) is 3.45. The number of amides is 2. The number of esters is 1. The lowest BCUT2D eigenvalue weighted by Gasteiger charge is -2.09. The maximum absolute atomic E-state index is 12.5. The molecule has 0 fully saturated rings. The molecule has 136 valence electrons. The lowest BCUT2D eigenvalue weighted by molar-refractivity contribution is -0.138. The van der Waals surface area contributed by atoms with Crippen molar-refractivity contribution in [3.05, 3.63) is 53.9 Å². The van der Waals surface area contributed by atoms with Crippen LogP contribution in [-0.4, -0.2) is 29.4 Å². The Balaban J connectivity index is 2.13. The second kappa shape index (κ2) is 9.31. The number of nitrogens with zero attached hydrogens (tertiary/aromatic N) is 1. The predicted molar refractivity (Wildman–Crippen MR) is 97.0 cm³/mol. The molecule has 0 unspecified atom stereocenters. The van der Waals surface area contributed by atoms with E-state index in [1.807, 2.05) is 18.2 Å². The van der Waals surface area contributed by atoms with Crippen LogP contribution >= 0.6 is 0 Å². The standard InChI is InChI=1S/C19H21N3O4/c1-2-26-19(25)16(9-5-6-10-17(20)23)22-18(24)15-12-11-13-7-3-4-8-14(13)21-15/h3-4,7-9,11-12H,2,5-6,10H2,1H3,(H2,20,23)(H,22,24). The van der Waals surface area contributed by atoms with Gasteiger partial charge in [-0.15, -0.1) is 0 Å². The number of allylic oxidation sites excluding steroid dienone is 1. The minimum Gasteiger partial charge on any atom is -0.461 e. The van der Waals surface area contributed by atoms with Gasteiger partial charge in [-0.3, -0.25) is 9.59 Å². The van der Waals surface area contributed by atoms with Crippen molar-refractivity contribution in [2.45, 2.75) is 26.2 Å². The molecule has 0 aliphatic carbocycles. The minimum atomic E-state index is -0.638. The Morgan fingerprint density at radius 3 is 2.69 bits per heavy atom. The molecule has 26 heavy (non-hydrogen) atoms. The first-order valence-corrected chi connectivity index (χ1v) is 8.34. The van der Waals surface area contributed by atoms with E-state index in [0.29, 0.717) is 18.4 Å². The van der Waals surface area contributed by atoms with Gasteiger partial charge in [0, 0.05) is 11.8 Å². The number of ether oxygens (including phenoxy) is 1. The van der Waals surface area contributed by atoms with Crippen molar-refractivity contribution in [1.82, 2.24) is 10.3 Å². The lowest BCUT2D eigenvalue weighted by atomic mass is 10.2. The number of nitrogens with two attached hydrogens (primary N) is 1. The number of para-hydroxylation sites is 1. The summed E-state index contributed by atoms with van der Waals surface area (Å²) in [6.45, 7) is 1.86. The summed E-state index contributed by atoms with van der Waals surface area (Å²) in [4.78, 5) is 39.6. The number of hydrogen-bond donors (Lipinski definition) is 2. The highest BCUT2D eigenvalue weighted by atomic mass is 16.5. The molecule has 1 aromatic carbocycles. The van der Waals surface area contributed by atoms with Gasteiger partial charge < -0.3 is 15.8 Å². The van der Waals surface area contributed by atoms with Crippen molar-refractivity contribution >= 4 is 28.7 Å². The second-order valence-electron chi connectivity index (χ2n) is 5.54. The molecule has 0 aliphatic heterocycles. The number of nitrogens with one attached hydrogen (secondary N) is 1. The van der Waals surface area contributed by atoms with E-state index >= 15 is 0 Å². The predicted octanol–water partition coefficient (Wildman–Crippen LogP) is 2.07. The van der Waals surface area contributed by atoms with Crippen molar-refractivity contribution < 1.29 is 19.1 Å². The fourth-order valence-electron chi connectivity index (χ4n) is 2.30. The summed E-state index contributed by atoms with van der Waals surface area (Å²) in [6.07, 6.45) is 2.61. The number of fused-ring (bicyclic) bond motifs is 1. The summed E-state index contributed by atoms with van der Waals surface area (Å²) in [6, 6.07) is 10.8. The van der Waals surface area contributed by atoms with Gasteiger partial charge >= 0.3 is 5.97 Å². The minimum absolute atomic E-state index is 0.0243. The zero-order valence-corrected chi connectivity index (χ0v) is 14.5. The Morgan fingerprint density at radius 1 is 1.19 bits per heavy atom. The average molecular weight is 355 g/mol. The topological polar surface area (TPSA) is 111 Å². The third kappa shape index (κ3) is 5.41. The van der Waals surface area contributed by atoms with Crippen LogP contribution in [0.15, 0.2) is 48.2 Å². The number of rotatable bonds is 8. The number of unbranched alkanes of at least 4 members (excludes halogenated alkanes) is 1. The molecule has 7 heteroatoms. The SMILES string of the molecule is CCOC(=O)C(=CCCCC(N)=O)NC(=O)c1ccc2ccccc2n1. The first kappa shape index (κ1) is 19.1. The summed E-state index contributed by atoms with van der Waals surface area (Å²) in [7, 11) is 0. The van der Waals surface area contributed by atoms with Crippen LogP contribution in [0.4, 0.5) is 0 Å². The molecule has 3 N–H and O–H groups in total. The number of hydrogen-bond acceptors (Lipinski definition) is 5. The fourth-order valence-corrected chi connectivity index (χ4v) is 2.30. The lowest BCUT2D eigenvalue weighted by Crippen LogP contribution is -2.29. The van der Waals surface area contributed by atoms with Crippen LogP contribution in [0.3, 0.4) is 0 Å². The van der Waals surface area contributed by atoms with Gasteiger partial charge in [0.1, 0.15) is 11.4 Å². The van der Waals surface area contributed by atoms with E-state index < -0.39 is 17.8 Å². The largest absolute Gasteiger partial charge is 0.461 e. The van der Waals surface area contributed by atoms with E-state index in [2.05, 4.69) is 10.3 Å². The monoisotopic (exact) mass is 355 g/mol. The van der Waals surface area contributed by atoms with Crippen LogP contribution in [0.1, 0.15) is 36.7 Å². The summed E-state index contributed by atoms with van der Waals surface area (Å²) in [5.74, 6) is -1.56. The second-order valence-corrected chi connectivity index (χ2v) is 5.54. The highest BCUT2D eigenvalue weighted by molar-refractivity contribution is 6.01. The number of carbonyl (C=O) groups is 3. The molecule has 0 radical (unpaired) electrons. The molecule has 7 nitrogen and oxygen atoms in total. The van der Waals surface area contributed by atoms with E-state index in [1.54, 1.807) is 25.1 Å². The highest BCUT2D eigenvalue weighted by Gasteiger charge is 2.16. The third-order valence-electron chi connectivity index (χ3n) is 3.55. The van der Waals surface area contributed by atoms with Crippen LogP contribution in [-0.2, 0) is 14.3 Å². The molecule has 1 heterocycles. The van der Waals surface area contributed by atoms with Crippen LogP contribution in [0, 0.1) is 0 Å². The molecule has 0 spiro atoms. The van der Waals surface area contributed by atoms with Gasteiger partial charge in [-0.2, -0.15) is 0 Å². The maximum Gasteiger partial charge on any atom is 0.354 e. The Kier molecular flexibility index (Phi) is 6.84. The van der Waals surface area contributed by atoms with Crippen molar-refractivity contribution in [2.24, 2.45) is 5.73 Å². The number of benzene rings is 1. The summed E-state index contributed by atoms with van der Waals surface area (Å²) >= 11 is 0. The van der Waals surface area contributed by atoms with Crippen LogP contribution in [0.5, 0.6) is 0 Å². The van der Waals surface area contributed by atoms with Gasteiger partial charge in [-0.05, 0) is 31.9 Å². The molecule has 0 aliphatic rings. The molecule has 2 rings (SSSR count). The van der Waals surface area contributed by atoms with E-state index in [1.165, 1.54) is 6.08 Å². The van der Waals surface area contributed by atoms with Gasteiger partial charge in [0.25, 0.3) is 5.91 Å².